The molecule has 0 aromatic rings. The summed E-state index contributed by atoms with van der Waals surface area (Å²) in [5.41, 5.74) is 11.1. The van der Waals surface area contributed by atoms with Crippen molar-refractivity contribution in [3.05, 3.63) is 0 Å². The average Bonchev–Trinajstić information content (AvgIpc) is 2.21. The predicted octanol–water partition coefficient (Wildman–Crippen LogP) is 2.66. The molecule has 0 radical (unpaired) electrons. The lowest BCUT2D eigenvalue weighted by molar-refractivity contribution is 0.428. The fraction of sp³-hybridized carbons (Fsp3) is 1.00. The maximum Gasteiger partial charge on any atom is -0.00489 e. The number of rotatable bonds is 10. The Bertz CT molecular complexity index is 104. The SMILES string of the molecule is CCCC(CN)CCCCCCCN. The number of nitrogens with two attached hydrogens (primary N) is 2. The summed E-state index contributed by atoms with van der Waals surface area (Å²) in [5.74, 6) is 0.773. The molecule has 2 nitrogen and oxygen atoms in total. The first-order chi connectivity index (χ1) is 6.85. The molecule has 0 aliphatic heterocycles. The maximum absolute atomic E-state index is 5.70. The standard InChI is InChI=1S/C12H28N2/c1-2-8-12(11-14)9-6-4-3-5-7-10-13/h12H,2-11,13-14H2,1H3. The molecule has 14 heavy (non-hydrogen) atoms. The molecule has 0 bridgehead atoms. The molecule has 0 amide bonds. The zero-order valence-corrected chi connectivity index (χ0v) is 9.80. The summed E-state index contributed by atoms with van der Waals surface area (Å²) in [6.07, 6.45) is 10.5. The van der Waals surface area contributed by atoms with Crippen molar-refractivity contribution in [2.24, 2.45) is 17.4 Å². The molecule has 86 valence electrons. The van der Waals surface area contributed by atoms with Gasteiger partial charge in [0, 0.05) is 0 Å². The number of hydrogen-bond donors (Lipinski definition) is 2. The Morgan fingerprint density at radius 3 is 2.07 bits per heavy atom. The minimum Gasteiger partial charge on any atom is -0.330 e. The van der Waals surface area contributed by atoms with Crippen molar-refractivity contribution in [2.75, 3.05) is 13.1 Å². The van der Waals surface area contributed by atoms with E-state index < -0.39 is 0 Å². The van der Waals surface area contributed by atoms with Crippen LogP contribution in [0.1, 0.15) is 58.3 Å². The third-order valence-electron chi connectivity index (χ3n) is 2.85. The van der Waals surface area contributed by atoms with Crippen LogP contribution in [0.15, 0.2) is 0 Å². The summed E-state index contributed by atoms with van der Waals surface area (Å²) in [5, 5.41) is 0. The van der Waals surface area contributed by atoms with Gasteiger partial charge in [-0.05, 0) is 38.3 Å². The summed E-state index contributed by atoms with van der Waals surface area (Å²) in [6.45, 7) is 3.96. The van der Waals surface area contributed by atoms with Crippen LogP contribution in [0.4, 0.5) is 0 Å². The van der Waals surface area contributed by atoms with Crippen LogP contribution in [0.3, 0.4) is 0 Å². The minimum absolute atomic E-state index is 0.773. The van der Waals surface area contributed by atoms with E-state index in [1.807, 2.05) is 0 Å². The van der Waals surface area contributed by atoms with Gasteiger partial charge < -0.3 is 11.5 Å². The van der Waals surface area contributed by atoms with E-state index in [-0.39, 0.29) is 0 Å². The van der Waals surface area contributed by atoms with E-state index in [4.69, 9.17) is 11.5 Å². The van der Waals surface area contributed by atoms with Crippen LogP contribution in [0.5, 0.6) is 0 Å². The summed E-state index contributed by atoms with van der Waals surface area (Å²) < 4.78 is 0. The minimum atomic E-state index is 0.773. The van der Waals surface area contributed by atoms with E-state index >= 15 is 0 Å². The van der Waals surface area contributed by atoms with Crippen molar-refractivity contribution in [3.63, 3.8) is 0 Å². The lowest BCUT2D eigenvalue weighted by atomic mass is 9.96. The van der Waals surface area contributed by atoms with Crippen LogP contribution in [-0.2, 0) is 0 Å². The fourth-order valence-corrected chi connectivity index (χ4v) is 1.90. The summed E-state index contributed by atoms with van der Waals surface area (Å²) in [6, 6.07) is 0. The van der Waals surface area contributed by atoms with Crippen LogP contribution in [0.25, 0.3) is 0 Å². The molecule has 0 rings (SSSR count). The second-order valence-electron chi connectivity index (χ2n) is 4.24. The highest BCUT2D eigenvalue weighted by Gasteiger charge is 2.04. The topological polar surface area (TPSA) is 52.0 Å². The Balaban J connectivity index is 3.15. The molecule has 1 unspecified atom stereocenters. The van der Waals surface area contributed by atoms with Gasteiger partial charge in [-0.15, -0.1) is 0 Å². The third kappa shape index (κ3) is 8.52. The third-order valence-corrected chi connectivity index (χ3v) is 2.85. The van der Waals surface area contributed by atoms with Crippen molar-refractivity contribution in [1.29, 1.82) is 0 Å². The van der Waals surface area contributed by atoms with Gasteiger partial charge in [0.15, 0.2) is 0 Å². The molecule has 0 aliphatic carbocycles. The van der Waals surface area contributed by atoms with Crippen molar-refractivity contribution >= 4 is 0 Å². The van der Waals surface area contributed by atoms with Crippen LogP contribution < -0.4 is 11.5 Å². The van der Waals surface area contributed by atoms with E-state index in [0.29, 0.717) is 0 Å². The van der Waals surface area contributed by atoms with Gasteiger partial charge in [-0.25, -0.2) is 0 Å². The normalized spacial score (nSPS) is 13.1. The fourth-order valence-electron chi connectivity index (χ4n) is 1.90. The molecule has 0 fully saturated rings. The Morgan fingerprint density at radius 1 is 0.857 bits per heavy atom. The molecule has 0 aromatic carbocycles. The van der Waals surface area contributed by atoms with Crippen molar-refractivity contribution in [3.8, 4) is 0 Å². The second kappa shape index (κ2) is 11.0. The highest BCUT2D eigenvalue weighted by atomic mass is 14.5. The van der Waals surface area contributed by atoms with Gasteiger partial charge in [-0.3, -0.25) is 0 Å². The average molecular weight is 200 g/mol. The van der Waals surface area contributed by atoms with E-state index in [1.165, 1.54) is 51.4 Å². The van der Waals surface area contributed by atoms with E-state index in [2.05, 4.69) is 6.92 Å². The lowest BCUT2D eigenvalue weighted by Gasteiger charge is -2.12. The first-order valence-corrected chi connectivity index (χ1v) is 6.25. The van der Waals surface area contributed by atoms with Crippen LogP contribution in [0, 0.1) is 5.92 Å². The van der Waals surface area contributed by atoms with Crippen molar-refractivity contribution < 1.29 is 0 Å². The smallest absolute Gasteiger partial charge is 0.00489 e. The van der Waals surface area contributed by atoms with Gasteiger partial charge in [0.2, 0.25) is 0 Å². The monoisotopic (exact) mass is 200 g/mol. The zero-order chi connectivity index (χ0) is 10.6. The molecule has 0 aliphatic rings. The molecule has 0 saturated heterocycles. The Hall–Kier alpha value is -0.0800. The van der Waals surface area contributed by atoms with Crippen molar-refractivity contribution in [2.45, 2.75) is 58.3 Å². The van der Waals surface area contributed by atoms with Crippen LogP contribution >= 0.6 is 0 Å². The van der Waals surface area contributed by atoms with Gasteiger partial charge >= 0.3 is 0 Å². The molecule has 0 aromatic heterocycles. The van der Waals surface area contributed by atoms with Crippen LogP contribution in [-0.4, -0.2) is 13.1 Å². The predicted molar refractivity (Wildman–Crippen MR) is 64.2 cm³/mol. The van der Waals surface area contributed by atoms with Crippen LogP contribution in [0.2, 0.25) is 0 Å². The van der Waals surface area contributed by atoms with E-state index in [9.17, 15) is 0 Å². The molecule has 2 heteroatoms. The Kier molecular flexibility index (Phi) is 10.9. The molecule has 0 saturated carbocycles. The highest BCUT2D eigenvalue weighted by Crippen LogP contribution is 2.15. The number of hydrogen-bond acceptors (Lipinski definition) is 2. The van der Waals surface area contributed by atoms with Gasteiger partial charge in [0.1, 0.15) is 0 Å². The Labute approximate surface area is 89.4 Å². The zero-order valence-electron chi connectivity index (χ0n) is 9.80. The summed E-state index contributed by atoms with van der Waals surface area (Å²) in [7, 11) is 0. The highest BCUT2D eigenvalue weighted by molar-refractivity contribution is 4.59. The van der Waals surface area contributed by atoms with Gasteiger partial charge in [0.05, 0.1) is 0 Å². The maximum atomic E-state index is 5.70. The van der Waals surface area contributed by atoms with Crippen molar-refractivity contribution in [1.82, 2.24) is 0 Å². The van der Waals surface area contributed by atoms with Gasteiger partial charge in [0.25, 0.3) is 0 Å². The van der Waals surface area contributed by atoms with Gasteiger partial charge in [-0.2, -0.15) is 0 Å². The molecule has 0 spiro atoms. The molecule has 1 atom stereocenters. The molecular formula is C12H28N2. The molecular weight excluding hydrogens is 172 g/mol. The van der Waals surface area contributed by atoms with E-state index in [1.54, 1.807) is 0 Å². The summed E-state index contributed by atoms with van der Waals surface area (Å²) in [4.78, 5) is 0. The number of unbranched alkanes of at least 4 members (excludes halogenated alkanes) is 4. The molecule has 0 heterocycles. The first-order valence-electron chi connectivity index (χ1n) is 6.25. The van der Waals surface area contributed by atoms with Gasteiger partial charge in [-0.1, -0.05) is 39.0 Å². The first kappa shape index (κ1) is 13.9. The summed E-state index contributed by atoms with van der Waals surface area (Å²) >= 11 is 0. The largest absolute Gasteiger partial charge is 0.330 e. The quantitative estimate of drug-likeness (QED) is 0.533. The molecule has 4 N–H and O–H groups in total. The van der Waals surface area contributed by atoms with E-state index in [0.717, 1.165) is 19.0 Å². The second-order valence-corrected chi connectivity index (χ2v) is 4.24. The Morgan fingerprint density at radius 2 is 1.50 bits per heavy atom. The lowest BCUT2D eigenvalue weighted by Crippen LogP contribution is -2.13.